The molecule has 0 spiro atoms. The summed E-state index contributed by atoms with van der Waals surface area (Å²) >= 11 is 18.7. The van der Waals surface area contributed by atoms with Crippen molar-refractivity contribution in [3.63, 3.8) is 0 Å². The fourth-order valence-corrected chi connectivity index (χ4v) is 7.59. The van der Waals surface area contributed by atoms with Gasteiger partial charge >= 0.3 is 6.03 Å². The zero-order chi connectivity index (χ0) is 24.8. The fraction of sp³-hybridized carbons (Fsp3) is 0.429. The summed E-state index contributed by atoms with van der Waals surface area (Å²) < 4.78 is 1.35. The molecule has 5 nitrogen and oxygen atoms in total. The molecule has 1 heterocycles. The van der Waals surface area contributed by atoms with E-state index in [4.69, 9.17) is 34.8 Å². The minimum atomic E-state index is -0.270. The Morgan fingerprint density at radius 1 is 0.861 bits per heavy atom. The lowest BCUT2D eigenvalue weighted by Gasteiger charge is -2.54. The van der Waals surface area contributed by atoms with Crippen LogP contribution in [0.3, 0.4) is 0 Å². The van der Waals surface area contributed by atoms with E-state index in [2.05, 4.69) is 15.7 Å². The van der Waals surface area contributed by atoms with Crippen LogP contribution in [0.25, 0.3) is 22.4 Å². The third-order valence-electron chi connectivity index (χ3n) is 8.27. The Labute approximate surface area is 226 Å². The molecule has 0 atom stereocenters. The molecule has 2 N–H and O–H groups in total. The van der Waals surface area contributed by atoms with Crippen LogP contribution in [-0.2, 0) is 0 Å². The van der Waals surface area contributed by atoms with Crippen molar-refractivity contribution in [1.82, 2.24) is 20.4 Å². The minimum absolute atomic E-state index is 0.270. The molecule has 7 rings (SSSR count). The van der Waals surface area contributed by atoms with E-state index in [0.29, 0.717) is 33.3 Å². The van der Waals surface area contributed by atoms with Crippen molar-refractivity contribution in [2.45, 2.75) is 38.1 Å². The molecule has 1 amide bonds. The van der Waals surface area contributed by atoms with Crippen LogP contribution in [-0.4, -0.2) is 34.9 Å². The van der Waals surface area contributed by atoms with Crippen molar-refractivity contribution < 1.29 is 4.79 Å². The highest BCUT2D eigenvalue weighted by molar-refractivity contribution is 6.36. The maximum absolute atomic E-state index is 13.0. The standard InChI is InChI=1S/C28H29Cl3N4O/c29-21-3-1-18(2-4-21)27-24(23-6-5-22(30)14-25(23)31)15-35(34-27)28(36)33-8-7-32-26-19-10-16-9-17(12-19)13-20(26)11-16/h1-6,14-17,19-20,26,32H,7-13H2,(H,33,36). The molecule has 3 aromatic rings. The zero-order valence-corrected chi connectivity index (χ0v) is 22.2. The van der Waals surface area contributed by atoms with Crippen molar-refractivity contribution in [2.24, 2.45) is 23.7 Å². The smallest absolute Gasteiger partial charge is 0.335 e. The summed E-state index contributed by atoms with van der Waals surface area (Å²) in [4.78, 5) is 13.0. The molecule has 4 aliphatic rings. The number of amides is 1. The molecule has 0 unspecified atom stereocenters. The third-order valence-corrected chi connectivity index (χ3v) is 9.07. The van der Waals surface area contributed by atoms with Crippen molar-refractivity contribution in [3.05, 3.63) is 63.7 Å². The summed E-state index contributed by atoms with van der Waals surface area (Å²) in [6.07, 6.45) is 8.71. The van der Waals surface area contributed by atoms with Crippen LogP contribution in [0.4, 0.5) is 4.79 Å². The van der Waals surface area contributed by atoms with Crippen LogP contribution in [0.5, 0.6) is 0 Å². The zero-order valence-electron chi connectivity index (χ0n) is 19.9. The Kier molecular flexibility index (Phi) is 6.76. The Morgan fingerprint density at radius 2 is 1.53 bits per heavy atom. The summed E-state index contributed by atoms with van der Waals surface area (Å²) in [6, 6.07) is 13.0. The Hall–Kier alpha value is -2.05. The van der Waals surface area contributed by atoms with E-state index in [-0.39, 0.29) is 6.03 Å². The van der Waals surface area contributed by atoms with E-state index in [0.717, 1.165) is 46.9 Å². The van der Waals surface area contributed by atoms with Crippen LogP contribution in [0, 0.1) is 23.7 Å². The van der Waals surface area contributed by atoms with Crippen LogP contribution in [0.2, 0.25) is 15.1 Å². The van der Waals surface area contributed by atoms with Gasteiger partial charge in [0.25, 0.3) is 0 Å². The first kappa shape index (κ1) is 24.3. The molecular formula is C28H29Cl3N4O. The lowest BCUT2D eigenvalue weighted by Crippen LogP contribution is -2.55. The summed E-state index contributed by atoms with van der Waals surface area (Å²) in [5.74, 6) is 3.56. The van der Waals surface area contributed by atoms with Gasteiger partial charge in [-0.05, 0) is 80.0 Å². The highest BCUT2D eigenvalue weighted by Crippen LogP contribution is 2.53. The topological polar surface area (TPSA) is 59.0 Å². The average molecular weight is 544 g/mol. The second-order valence-electron chi connectivity index (χ2n) is 10.6. The third kappa shape index (κ3) is 4.79. The average Bonchev–Trinajstić information content (AvgIpc) is 3.28. The van der Waals surface area contributed by atoms with Gasteiger partial charge in [-0.25, -0.2) is 4.79 Å². The number of nitrogens with zero attached hydrogens (tertiary/aromatic N) is 2. The molecular weight excluding hydrogens is 515 g/mol. The van der Waals surface area contributed by atoms with Crippen LogP contribution < -0.4 is 10.6 Å². The number of hydrogen-bond acceptors (Lipinski definition) is 3. The van der Waals surface area contributed by atoms with E-state index >= 15 is 0 Å². The Balaban J connectivity index is 1.16. The lowest BCUT2D eigenvalue weighted by atomic mass is 9.54. The number of rotatable bonds is 6. The van der Waals surface area contributed by atoms with Crippen molar-refractivity contribution in [1.29, 1.82) is 0 Å². The Morgan fingerprint density at radius 3 is 2.19 bits per heavy atom. The van der Waals surface area contributed by atoms with Gasteiger partial charge < -0.3 is 10.6 Å². The highest BCUT2D eigenvalue weighted by atomic mass is 35.5. The SMILES string of the molecule is O=C(NCCNC1C2CC3CC(C2)CC1C3)n1cc(-c2ccc(Cl)cc2Cl)c(-c2ccc(Cl)cc2)n1. The second-order valence-corrected chi connectivity index (χ2v) is 11.9. The van der Waals surface area contributed by atoms with Gasteiger partial charge in [-0.15, -0.1) is 0 Å². The number of carbonyl (C=O) groups is 1. The molecule has 0 saturated heterocycles. The van der Waals surface area contributed by atoms with Crippen LogP contribution in [0.15, 0.2) is 48.7 Å². The number of benzene rings is 2. The maximum Gasteiger partial charge on any atom is 0.342 e. The summed E-state index contributed by atoms with van der Waals surface area (Å²) in [6.45, 7) is 1.31. The minimum Gasteiger partial charge on any atom is -0.335 e. The van der Waals surface area contributed by atoms with E-state index < -0.39 is 0 Å². The first-order valence-corrected chi connectivity index (χ1v) is 13.9. The van der Waals surface area contributed by atoms with Crippen molar-refractivity contribution >= 4 is 40.8 Å². The number of hydrogen-bond donors (Lipinski definition) is 2. The molecule has 2 aromatic carbocycles. The maximum atomic E-state index is 13.0. The fourth-order valence-electron chi connectivity index (χ4n) is 6.95. The normalized spacial score (nSPS) is 26.4. The predicted octanol–water partition coefficient (Wildman–Crippen LogP) is 7.15. The number of nitrogens with one attached hydrogen (secondary N) is 2. The molecule has 36 heavy (non-hydrogen) atoms. The van der Waals surface area contributed by atoms with Crippen LogP contribution in [0.1, 0.15) is 32.1 Å². The number of aromatic nitrogens is 2. The Bertz CT molecular complexity index is 1240. The van der Waals surface area contributed by atoms with E-state index in [1.165, 1.54) is 36.8 Å². The summed E-state index contributed by atoms with van der Waals surface area (Å²) in [5, 5.41) is 13.1. The number of carbonyl (C=O) groups excluding carboxylic acids is 1. The molecule has 0 aliphatic heterocycles. The van der Waals surface area contributed by atoms with Crippen LogP contribution >= 0.6 is 34.8 Å². The van der Waals surface area contributed by atoms with Gasteiger partial charge in [-0.2, -0.15) is 9.78 Å². The van der Waals surface area contributed by atoms with Gasteiger partial charge in [0, 0.05) is 52.1 Å². The first-order chi connectivity index (χ1) is 17.4. The summed E-state index contributed by atoms with van der Waals surface area (Å²) in [5.41, 5.74) is 3.00. The largest absolute Gasteiger partial charge is 0.342 e. The van der Waals surface area contributed by atoms with Gasteiger partial charge in [0.1, 0.15) is 5.69 Å². The van der Waals surface area contributed by atoms with Gasteiger partial charge in [-0.1, -0.05) is 53.0 Å². The van der Waals surface area contributed by atoms with Gasteiger partial charge in [0.15, 0.2) is 0 Å². The molecule has 0 radical (unpaired) electrons. The first-order valence-electron chi connectivity index (χ1n) is 12.8. The summed E-state index contributed by atoms with van der Waals surface area (Å²) in [7, 11) is 0. The van der Waals surface area contributed by atoms with Gasteiger partial charge in [-0.3, -0.25) is 0 Å². The molecule has 1 aromatic heterocycles. The predicted molar refractivity (Wildman–Crippen MR) is 146 cm³/mol. The highest BCUT2D eigenvalue weighted by Gasteiger charge is 2.47. The molecule has 4 fully saturated rings. The quantitative estimate of drug-likeness (QED) is 0.325. The number of halogens is 3. The van der Waals surface area contributed by atoms with Gasteiger partial charge in [0.05, 0.1) is 5.02 Å². The van der Waals surface area contributed by atoms with Crippen molar-refractivity contribution in [3.8, 4) is 22.4 Å². The molecule has 4 aliphatic carbocycles. The molecule has 4 bridgehead atoms. The molecule has 8 heteroatoms. The van der Waals surface area contributed by atoms with E-state index in [1.807, 2.05) is 18.2 Å². The second kappa shape index (κ2) is 10.0. The monoisotopic (exact) mass is 542 g/mol. The van der Waals surface area contributed by atoms with Gasteiger partial charge in [0.2, 0.25) is 0 Å². The molecule has 188 valence electrons. The van der Waals surface area contributed by atoms with E-state index in [9.17, 15) is 4.79 Å². The van der Waals surface area contributed by atoms with Crippen molar-refractivity contribution in [2.75, 3.05) is 13.1 Å². The van der Waals surface area contributed by atoms with E-state index in [1.54, 1.807) is 30.5 Å². The molecule has 4 saturated carbocycles. The lowest BCUT2D eigenvalue weighted by molar-refractivity contribution is -0.0132.